The second-order valence-corrected chi connectivity index (χ2v) is 6.24. The fraction of sp³-hybridized carbons (Fsp3) is 0.364. The van der Waals surface area contributed by atoms with Gasteiger partial charge in [0.15, 0.2) is 0 Å². The number of fused-ring (bicyclic) bond motifs is 1. The van der Waals surface area contributed by atoms with Crippen LogP contribution in [0.4, 0.5) is 5.95 Å². The summed E-state index contributed by atoms with van der Waals surface area (Å²) in [5.41, 5.74) is 5.68. The van der Waals surface area contributed by atoms with Crippen LogP contribution in [0.5, 0.6) is 0 Å². The standard InChI is InChI=1S/C11H14N4OS2/c1-6-4-7-9(17-5-8(16)15(2)3)13-11(12)14-10(7)18-6/h4H,5H2,1-3H3,(H2,12,13,14). The maximum atomic E-state index is 11.6. The number of carbonyl (C=O) groups is 1. The molecule has 1 amide bonds. The lowest BCUT2D eigenvalue weighted by molar-refractivity contribution is -0.125. The molecule has 0 spiro atoms. The molecule has 2 N–H and O–H groups in total. The Balaban J connectivity index is 2.29. The molecule has 5 nitrogen and oxygen atoms in total. The van der Waals surface area contributed by atoms with Crippen LogP contribution in [-0.2, 0) is 4.79 Å². The third kappa shape index (κ3) is 2.73. The molecule has 2 aromatic heterocycles. The maximum Gasteiger partial charge on any atom is 0.232 e. The highest BCUT2D eigenvalue weighted by molar-refractivity contribution is 8.00. The van der Waals surface area contributed by atoms with E-state index >= 15 is 0 Å². The van der Waals surface area contributed by atoms with Gasteiger partial charge in [-0.25, -0.2) is 9.97 Å². The summed E-state index contributed by atoms with van der Waals surface area (Å²) >= 11 is 2.98. The van der Waals surface area contributed by atoms with Gasteiger partial charge in [0.1, 0.15) is 9.86 Å². The third-order valence-electron chi connectivity index (χ3n) is 2.33. The normalized spacial score (nSPS) is 10.8. The quantitative estimate of drug-likeness (QED) is 0.686. The number of amides is 1. The second kappa shape index (κ2) is 5.11. The molecule has 0 atom stereocenters. The Bertz CT molecular complexity index is 594. The van der Waals surface area contributed by atoms with Crippen molar-refractivity contribution in [3.63, 3.8) is 0 Å². The van der Waals surface area contributed by atoms with E-state index in [0.29, 0.717) is 5.75 Å². The number of hydrogen-bond acceptors (Lipinski definition) is 6. The van der Waals surface area contributed by atoms with Gasteiger partial charge in [0.25, 0.3) is 0 Å². The van der Waals surface area contributed by atoms with Crippen molar-refractivity contribution in [3.8, 4) is 0 Å². The third-order valence-corrected chi connectivity index (χ3v) is 4.25. The Morgan fingerprint density at radius 2 is 2.22 bits per heavy atom. The number of thiophene rings is 1. The predicted molar refractivity (Wildman–Crippen MR) is 76.0 cm³/mol. The molecule has 0 saturated heterocycles. The zero-order valence-corrected chi connectivity index (χ0v) is 12.1. The smallest absolute Gasteiger partial charge is 0.232 e. The van der Waals surface area contributed by atoms with Crippen LogP contribution in [0, 0.1) is 6.92 Å². The Morgan fingerprint density at radius 3 is 2.89 bits per heavy atom. The number of aromatic nitrogens is 2. The molecule has 0 unspecified atom stereocenters. The molecule has 18 heavy (non-hydrogen) atoms. The Kier molecular flexibility index (Phi) is 3.72. The topological polar surface area (TPSA) is 72.1 Å². The number of aryl methyl sites for hydroxylation is 1. The van der Waals surface area contributed by atoms with E-state index in [4.69, 9.17) is 5.73 Å². The number of nitrogen functional groups attached to an aromatic ring is 1. The summed E-state index contributed by atoms with van der Waals surface area (Å²) in [7, 11) is 3.48. The van der Waals surface area contributed by atoms with Crippen molar-refractivity contribution in [2.24, 2.45) is 0 Å². The molecule has 0 fully saturated rings. The summed E-state index contributed by atoms with van der Waals surface area (Å²) in [6.07, 6.45) is 0. The van der Waals surface area contributed by atoms with E-state index < -0.39 is 0 Å². The van der Waals surface area contributed by atoms with Crippen LogP contribution in [0.25, 0.3) is 10.2 Å². The van der Waals surface area contributed by atoms with E-state index in [9.17, 15) is 4.79 Å². The minimum atomic E-state index is 0.0530. The van der Waals surface area contributed by atoms with Gasteiger partial charge >= 0.3 is 0 Å². The molecule has 0 aliphatic heterocycles. The summed E-state index contributed by atoms with van der Waals surface area (Å²) in [4.78, 5) is 23.6. The summed E-state index contributed by atoms with van der Waals surface area (Å²) in [6, 6.07) is 2.03. The molecule has 7 heteroatoms. The zero-order valence-electron chi connectivity index (χ0n) is 10.4. The van der Waals surface area contributed by atoms with Crippen LogP contribution < -0.4 is 5.73 Å². The molecule has 96 valence electrons. The van der Waals surface area contributed by atoms with Crippen LogP contribution >= 0.6 is 23.1 Å². The van der Waals surface area contributed by atoms with Crippen molar-refractivity contribution >= 4 is 45.2 Å². The minimum absolute atomic E-state index is 0.0530. The van der Waals surface area contributed by atoms with Crippen molar-refractivity contribution in [1.82, 2.24) is 14.9 Å². The van der Waals surface area contributed by atoms with E-state index in [-0.39, 0.29) is 11.9 Å². The molecule has 0 saturated carbocycles. The molecule has 0 radical (unpaired) electrons. The SMILES string of the molecule is Cc1cc2c(SCC(=O)N(C)C)nc(N)nc2s1. The van der Waals surface area contributed by atoms with Gasteiger partial charge in [-0.3, -0.25) is 4.79 Å². The zero-order chi connectivity index (χ0) is 13.3. The van der Waals surface area contributed by atoms with Crippen molar-refractivity contribution in [2.75, 3.05) is 25.6 Å². The molecule has 0 aromatic carbocycles. The number of nitrogens with zero attached hydrogens (tertiary/aromatic N) is 3. The van der Waals surface area contributed by atoms with Crippen LogP contribution in [0.3, 0.4) is 0 Å². The van der Waals surface area contributed by atoms with Gasteiger partial charge in [-0.2, -0.15) is 0 Å². The lowest BCUT2D eigenvalue weighted by atomic mass is 10.4. The van der Waals surface area contributed by atoms with Crippen molar-refractivity contribution in [2.45, 2.75) is 11.9 Å². The van der Waals surface area contributed by atoms with Crippen molar-refractivity contribution in [3.05, 3.63) is 10.9 Å². The maximum absolute atomic E-state index is 11.6. The lowest BCUT2D eigenvalue weighted by Gasteiger charge is -2.09. The number of carbonyl (C=O) groups excluding carboxylic acids is 1. The lowest BCUT2D eigenvalue weighted by Crippen LogP contribution is -2.23. The number of nitrogens with two attached hydrogens (primary N) is 1. The molecule has 2 heterocycles. The predicted octanol–water partition coefficient (Wildman–Crippen LogP) is 1.76. The Morgan fingerprint density at radius 1 is 1.50 bits per heavy atom. The number of anilines is 1. The number of thioether (sulfide) groups is 1. The first-order valence-corrected chi connectivity index (χ1v) is 7.14. The highest BCUT2D eigenvalue weighted by Crippen LogP contribution is 2.31. The fourth-order valence-electron chi connectivity index (χ4n) is 1.40. The van der Waals surface area contributed by atoms with Gasteiger partial charge in [-0.1, -0.05) is 11.8 Å². The van der Waals surface area contributed by atoms with Gasteiger partial charge in [-0.15, -0.1) is 11.3 Å². The summed E-state index contributed by atoms with van der Waals surface area (Å²) in [6.45, 7) is 2.02. The highest BCUT2D eigenvalue weighted by atomic mass is 32.2. The van der Waals surface area contributed by atoms with E-state index in [0.717, 1.165) is 20.1 Å². The first-order valence-electron chi connectivity index (χ1n) is 5.34. The first kappa shape index (κ1) is 13.1. The van der Waals surface area contributed by atoms with Crippen LogP contribution in [0.2, 0.25) is 0 Å². The summed E-state index contributed by atoms with van der Waals surface area (Å²) in [5.74, 6) is 0.661. The largest absolute Gasteiger partial charge is 0.368 e. The van der Waals surface area contributed by atoms with E-state index in [1.54, 1.807) is 30.3 Å². The van der Waals surface area contributed by atoms with Gasteiger partial charge in [0.2, 0.25) is 11.9 Å². The van der Waals surface area contributed by atoms with Crippen LogP contribution in [0.15, 0.2) is 11.1 Å². The van der Waals surface area contributed by atoms with Gasteiger partial charge < -0.3 is 10.6 Å². The van der Waals surface area contributed by atoms with E-state index in [1.807, 2.05) is 13.0 Å². The molecular formula is C11H14N4OS2. The molecule has 2 aromatic rings. The second-order valence-electron chi connectivity index (χ2n) is 4.04. The monoisotopic (exact) mass is 282 g/mol. The Labute approximate surface area is 113 Å². The van der Waals surface area contributed by atoms with Crippen molar-refractivity contribution < 1.29 is 4.79 Å². The van der Waals surface area contributed by atoms with Gasteiger partial charge in [-0.05, 0) is 13.0 Å². The number of rotatable bonds is 3. The highest BCUT2D eigenvalue weighted by Gasteiger charge is 2.12. The van der Waals surface area contributed by atoms with E-state index in [1.165, 1.54) is 11.8 Å². The van der Waals surface area contributed by atoms with Gasteiger partial charge in [0.05, 0.1) is 5.75 Å². The average molecular weight is 282 g/mol. The number of hydrogen-bond donors (Lipinski definition) is 1. The Hall–Kier alpha value is -1.34. The van der Waals surface area contributed by atoms with Crippen LogP contribution in [0.1, 0.15) is 4.88 Å². The van der Waals surface area contributed by atoms with Gasteiger partial charge in [0, 0.05) is 24.4 Å². The van der Waals surface area contributed by atoms with E-state index in [2.05, 4.69) is 9.97 Å². The molecular weight excluding hydrogens is 268 g/mol. The summed E-state index contributed by atoms with van der Waals surface area (Å²) < 4.78 is 0. The molecule has 2 rings (SSSR count). The average Bonchev–Trinajstić information content (AvgIpc) is 2.65. The summed E-state index contributed by atoms with van der Waals surface area (Å²) in [5, 5.41) is 1.75. The van der Waals surface area contributed by atoms with Crippen molar-refractivity contribution in [1.29, 1.82) is 0 Å². The van der Waals surface area contributed by atoms with Crippen LogP contribution in [-0.4, -0.2) is 40.6 Å². The minimum Gasteiger partial charge on any atom is -0.368 e. The molecule has 0 aliphatic carbocycles. The first-order chi connectivity index (χ1) is 8.47. The molecule has 0 aliphatic rings. The fourth-order valence-corrected chi connectivity index (χ4v) is 3.34. The molecule has 0 bridgehead atoms.